The molecule has 1 aromatic rings. The number of amides is 1. The van der Waals surface area contributed by atoms with Gasteiger partial charge in [0.2, 0.25) is 0 Å². The Kier molecular flexibility index (Phi) is 2.21. The van der Waals surface area contributed by atoms with Crippen molar-refractivity contribution in [3.8, 4) is 0 Å². The molecule has 0 aromatic heterocycles. The summed E-state index contributed by atoms with van der Waals surface area (Å²) >= 11 is 0. The van der Waals surface area contributed by atoms with Gasteiger partial charge in [-0.25, -0.2) is 0 Å². The van der Waals surface area contributed by atoms with Gasteiger partial charge in [0, 0.05) is 23.6 Å². The number of rotatable bonds is 0. The number of benzene rings is 1. The summed E-state index contributed by atoms with van der Waals surface area (Å²) in [6.45, 7) is 0. The summed E-state index contributed by atoms with van der Waals surface area (Å²) in [6, 6.07) is 8.27. The second kappa shape index (κ2) is 3.59. The van der Waals surface area contributed by atoms with Crippen molar-refractivity contribution in [1.29, 1.82) is 0 Å². The molecule has 1 aliphatic heterocycles. The van der Waals surface area contributed by atoms with Crippen LogP contribution in [0.25, 0.3) is 0 Å². The lowest BCUT2D eigenvalue weighted by atomic mass is 9.73. The van der Waals surface area contributed by atoms with Gasteiger partial charge in [-0.15, -0.1) is 0 Å². The van der Waals surface area contributed by atoms with E-state index in [1.807, 2.05) is 18.2 Å². The van der Waals surface area contributed by atoms with Crippen LogP contribution < -0.4 is 11.1 Å². The second-order valence-electron chi connectivity index (χ2n) is 4.79. The largest absolute Gasteiger partial charge is 0.349 e. The molecule has 1 amide bonds. The quantitative estimate of drug-likeness (QED) is 0.688. The van der Waals surface area contributed by atoms with Crippen LogP contribution in [0, 0.1) is 0 Å². The summed E-state index contributed by atoms with van der Waals surface area (Å²) in [5.41, 5.74) is 8.15. The zero-order chi connectivity index (χ0) is 11.1. The molecule has 1 aromatic carbocycles. The molecular weight excluding hydrogens is 200 g/mol. The zero-order valence-corrected chi connectivity index (χ0v) is 9.15. The Morgan fingerprint density at radius 1 is 1.25 bits per heavy atom. The SMILES string of the molecule is NC1CCCC2NC(=O)c3ccccc3C12. The molecule has 0 bridgehead atoms. The van der Waals surface area contributed by atoms with E-state index in [0.717, 1.165) is 30.4 Å². The minimum atomic E-state index is 0.0611. The van der Waals surface area contributed by atoms with E-state index in [1.165, 1.54) is 0 Å². The van der Waals surface area contributed by atoms with Crippen molar-refractivity contribution in [3.05, 3.63) is 35.4 Å². The number of nitrogens with one attached hydrogen (secondary N) is 1. The number of nitrogens with two attached hydrogens (primary N) is 1. The molecule has 16 heavy (non-hydrogen) atoms. The highest BCUT2D eigenvalue weighted by Crippen LogP contribution is 2.36. The highest BCUT2D eigenvalue weighted by atomic mass is 16.1. The van der Waals surface area contributed by atoms with Crippen LogP contribution in [0.15, 0.2) is 24.3 Å². The highest BCUT2D eigenvalue weighted by Gasteiger charge is 2.38. The number of carbonyl (C=O) groups excluding carboxylic acids is 1. The van der Waals surface area contributed by atoms with E-state index in [0.29, 0.717) is 5.92 Å². The van der Waals surface area contributed by atoms with Crippen LogP contribution in [-0.2, 0) is 0 Å². The molecule has 3 heteroatoms. The zero-order valence-electron chi connectivity index (χ0n) is 9.15. The maximum absolute atomic E-state index is 11.9. The summed E-state index contributed by atoms with van der Waals surface area (Å²) < 4.78 is 0. The van der Waals surface area contributed by atoms with E-state index in [1.54, 1.807) is 0 Å². The number of carbonyl (C=O) groups is 1. The van der Waals surface area contributed by atoms with Gasteiger partial charge in [-0.3, -0.25) is 4.79 Å². The fraction of sp³-hybridized carbons (Fsp3) is 0.462. The molecule has 1 aliphatic carbocycles. The van der Waals surface area contributed by atoms with Gasteiger partial charge in [-0.2, -0.15) is 0 Å². The molecule has 3 nitrogen and oxygen atoms in total. The van der Waals surface area contributed by atoms with Crippen LogP contribution in [-0.4, -0.2) is 18.0 Å². The van der Waals surface area contributed by atoms with Crippen molar-refractivity contribution in [1.82, 2.24) is 5.32 Å². The minimum absolute atomic E-state index is 0.0611. The summed E-state index contributed by atoms with van der Waals surface area (Å²) in [4.78, 5) is 11.9. The molecule has 3 rings (SSSR count). The second-order valence-corrected chi connectivity index (χ2v) is 4.79. The Morgan fingerprint density at radius 2 is 2.06 bits per heavy atom. The first-order valence-corrected chi connectivity index (χ1v) is 5.93. The van der Waals surface area contributed by atoms with Gasteiger partial charge in [-0.05, 0) is 30.9 Å². The minimum Gasteiger partial charge on any atom is -0.349 e. The lowest BCUT2D eigenvalue weighted by molar-refractivity contribution is 0.0895. The highest BCUT2D eigenvalue weighted by molar-refractivity contribution is 5.97. The van der Waals surface area contributed by atoms with Crippen molar-refractivity contribution < 1.29 is 4.79 Å². The van der Waals surface area contributed by atoms with Gasteiger partial charge in [0.05, 0.1) is 0 Å². The molecule has 3 atom stereocenters. The van der Waals surface area contributed by atoms with Crippen LogP contribution in [0.3, 0.4) is 0 Å². The first-order valence-electron chi connectivity index (χ1n) is 5.93. The van der Waals surface area contributed by atoms with Crippen LogP contribution in [0.5, 0.6) is 0 Å². The van der Waals surface area contributed by atoms with Crippen molar-refractivity contribution in [3.63, 3.8) is 0 Å². The summed E-state index contributed by atoms with van der Waals surface area (Å²) in [7, 11) is 0. The maximum Gasteiger partial charge on any atom is 0.251 e. The fourth-order valence-corrected chi connectivity index (χ4v) is 3.08. The third-order valence-corrected chi connectivity index (χ3v) is 3.83. The van der Waals surface area contributed by atoms with E-state index in [2.05, 4.69) is 11.4 Å². The number of hydrogen-bond acceptors (Lipinski definition) is 2. The lowest BCUT2D eigenvalue weighted by Gasteiger charge is -2.41. The molecule has 0 spiro atoms. The molecule has 0 saturated heterocycles. The lowest BCUT2D eigenvalue weighted by Crippen LogP contribution is -2.52. The van der Waals surface area contributed by atoms with Gasteiger partial charge < -0.3 is 11.1 Å². The normalized spacial score (nSPS) is 32.6. The van der Waals surface area contributed by atoms with Gasteiger partial charge >= 0.3 is 0 Å². The van der Waals surface area contributed by atoms with E-state index >= 15 is 0 Å². The summed E-state index contributed by atoms with van der Waals surface area (Å²) in [5, 5.41) is 3.09. The topological polar surface area (TPSA) is 55.1 Å². The smallest absolute Gasteiger partial charge is 0.251 e. The van der Waals surface area contributed by atoms with Crippen molar-refractivity contribution in [2.24, 2.45) is 5.73 Å². The standard InChI is InChI=1S/C13H16N2O/c14-10-6-3-7-11-12(10)8-4-1-2-5-9(8)13(16)15-11/h1-2,4-5,10-12H,3,6-7,14H2,(H,15,16). The number of fused-ring (bicyclic) bond motifs is 3. The Bertz CT molecular complexity index is 430. The molecule has 84 valence electrons. The Hall–Kier alpha value is -1.35. The van der Waals surface area contributed by atoms with Crippen molar-refractivity contribution in [2.45, 2.75) is 37.3 Å². The molecule has 1 heterocycles. The van der Waals surface area contributed by atoms with Gasteiger partial charge in [0.25, 0.3) is 5.91 Å². The summed E-state index contributed by atoms with van der Waals surface area (Å²) in [6.07, 6.45) is 3.23. The molecule has 3 N–H and O–H groups in total. The molecule has 1 saturated carbocycles. The Balaban J connectivity index is 2.09. The maximum atomic E-state index is 11.9. The Labute approximate surface area is 95.0 Å². The van der Waals surface area contributed by atoms with Crippen LogP contribution in [0.4, 0.5) is 0 Å². The van der Waals surface area contributed by atoms with Crippen LogP contribution >= 0.6 is 0 Å². The van der Waals surface area contributed by atoms with Gasteiger partial charge in [-0.1, -0.05) is 18.2 Å². The molecule has 1 fully saturated rings. The van der Waals surface area contributed by atoms with Crippen molar-refractivity contribution >= 4 is 5.91 Å². The Morgan fingerprint density at radius 3 is 2.94 bits per heavy atom. The van der Waals surface area contributed by atoms with Crippen LogP contribution in [0.1, 0.15) is 41.1 Å². The van der Waals surface area contributed by atoms with Crippen LogP contribution in [0.2, 0.25) is 0 Å². The monoisotopic (exact) mass is 216 g/mol. The van der Waals surface area contributed by atoms with E-state index in [4.69, 9.17) is 5.73 Å². The average molecular weight is 216 g/mol. The third kappa shape index (κ3) is 1.35. The van der Waals surface area contributed by atoms with E-state index in [9.17, 15) is 4.79 Å². The first kappa shape index (κ1) is 9.85. The van der Waals surface area contributed by atoms with Gasteiger partial charge in [0.1, 0.15) is 0 Å². The van der Waals surface area contributed by atoms with Gasteiger partial charge in [0.15, 0.2) is 0 Å². The summed E-state index contributed by atoms with van der Waals surface area (Å²) in [5.74, 6) is 0.369. The molecule has 3 unspecified atom stereocenters. The molecule has 2 aliphatic rings. The molecular formula is C13H16N2O. The number of hydrogen-bond donors (Lipinski definition) is 2. The molecule has 0 radical (unpaired) electrons. The first-order chi connectivity index (χ1) is 7.77. The van der Waals surface area contributed by atoms with Crippen molar-refractivity contribution in [2.75, 3.05) is 0 Å². The predicted octanol–water partition coefficient (Wildman–Crippen LogP) is 1.39. The van der Waals surface area contributed by atoms with E-state index < -0.39 is 0 Å². The average Bonchev–Trinajstić information content (AvgIpc) is 2.29. The fourth-order valence-electron chi connectivity index (χ4n) is 3.08. The van der Waals surface area contributed by atoms with E-state index in [-0.39, 0.29) is 18.0 Å². The predicted molar refractivity (Wildman–Crippen MR) is 62.3 cm³/mol. The third-order valence-electron chi connectivity index (χ3n) is 3.83.